The third-order valence-corrected chi connectivity index (χ3v) is 2.57. The fraction of sp³-hybridized carbons (Fsp3) is 0.400. The van der Waals surface area contributed by atoms with Crippen LogP contribution in [0.15, 0.2) is 21.2 Å². The monoisotopic (exact) mass is 289 g/mol. The molecule has 0 aliphatic rings. The standard InChI is InChI=1S/C10H12BrNO4/c1-6(10(14)15)9(13)12(2)5-7-3-4-8(11)16-7/h3-4,6H,5H2,1-2H3,(H,14,15). The summed E-state index contributed by atoms with van der Waals surface area (Å²) in [5.74, 6) is -2.01. The Morgan fingerprint density at radius 2 is 2.19 bits per heavy atom. The number of halogens is 1. The maximum Gasteiger partial charge on any atom is 0.315 e. The van der Waals surface area contributed by atoms with E-state index in [9.17, 15) is 9.59 Å². The summed E-state index contributed by atoms with van der Waals surface area (Å²) < 4.78 is 5.80. The van der Waals surface area contributed by atoms with Crippen molar-refractivity contribution < 1.29 is 19.1 Å². The van der Waals surface area contributed by atoms with Crippen LogP contribution in [0, 0.1) is 5.92 Å². The van der Waals surface area contributed by atoms with Crippen molar-refractivity contribution in [2.24, 2.45) is 5.92 Å². The summed E-state index contributed by atoms with van der Waals surface area (Å²) >= 11 is 3.15. The van der Waals surface area contributed by atoms with Gasteiger partial charge in [0, 0.05) is 7.05 Å². The highest BCUT2D eigenvalue weighted by Crippen LogP contribution is 2.16. The third kappa shape index (κ3) is 3.10. The van der Waals surface area contributed by atoms with E-state index in [1.54, 1.807) is 12.1 Å². The Labute approximate surface area is 101 Å². The van der Waals surface area contributed by atoms with Gasteiger partial charge in [-0.05, 0) is 35.0 Å². The zero-order valence-electron chi connectivity index (χ0n) is 8.94. The van der Waals surface area contributed by atoms with E-state index in [-0.39, 0.29) is 6.54 Å². The topological polar surface area (TPSA) is 70.8 Å². The van der Waals surface area contributed by atoms with Crippen LogP contribution in [0.5, 0.6) is 0 Å². The summed E-state index contributed by atoms with van der Waals surface area (Å²) in [6, 6.07) is 3.44. The highest BCUT2D eigenvalue weighted by atomic mass is 79.9. The minimum atomic E-state index is -1.13. The van der Waals surface area contributed by atoms with E-state index in [0.29, 0.717) is 10.4 Å². The smallest absolute Gasteiger partial charge is 0.315 e. The molecule has 1 N–H and O–H groups in total. The van der Waals surface area contributed by atoms with Gasteiger partial charge in [-0.2, -0.15) is 0 Å². The fourth-order valence-corrected chi connectivity index (χ4v) is 1.52. The first kappa shape index (κ1) is 12.8. The van der Waals surface area contributed by atoms with E-state index in [1.165, 1.54) is 18.9 Å². The van der Waals surface area contributed by atoms with Crippen molar-refractivity contribution >= 4 is 27.8 Å². The van der Waals surface area contributed by atoms with Crippen molar-refractivity contribution in [2.75, 3.05) is 7.05 Å². The average Bonchev–Trinajstić information content (AvgIpc) is 2.61. The van der Waals surface area contributed by atoms with Gasteiger partial charge in [0.1, 0.15) is 11.7 Å². The largest absolute Gasteiger partial charge is 0.481 e. The van der Waals surface area contributed by atoms with E-state index in [4.69, 9.17) is 9.52 Å². The first-order valence-electron chi connectivity index (χ1n) is 4.64. The van der Waals surface area contributed by atoms with E-state index >= 15 is 0 Å². The third-order valence-electron chi connectivity index (χ3n) is 2.14. The van der Waals surface area contributed by atoms with Gasteiger partial charge in [0.05, 0.1) is 6.54 Å². The summed E-state index contributed by atoms with van der Waals surface area (Å²) in [6.07, 6.45) is 0. The molecule has 0 bridgehead atoms. The molecule has 0 saturated heterocycles. The van der Waals surface area contributed by atoms with Crippen LogP contribution in [0.3, 0.4) is 0 Å². The molecule has 0 saturated carbocycles. The number of carbonyl (C=O) groups is 2. The van der Waals surface area contributed by atoms with Crippen molar-refractivity contribution in [2.45, 2.75) is 13.5 Å². The molecule has 1 heterocycles. The molecule has 1 rings (SSSR count). The Kier molecular flexibility index (Phi) is 4.12. The number of furan rings is 1. The molecule has 0 spiro atoms. The van der Waals surface area contributed by atoms with E-state index in [0.717, 1.165) is 0 Å². The molecule has 0 aliphatic heterocycles. The van der Waals surface area contributed by atoms with Crippen LogP contribution in [0.2, 0.25) is 0 Å². The Hall–Kier alpha value is -1.30. The van der Waals surface area contributed by atoms with Crippen molar-refractivity contribution in [1.29, 1.82) is 0 Å². The molecule has 1 amide bonds. The molecular formula is C10H12BrNO4. The molecule has 0 aromatic carbocycles. The normalized spacial score (nSPS) is 12.2. The van der Waals surface area contributed by atoms with Crippen LogP contribution in [-0.2, 0) is 16.1 Å². The predicted octanol–water partition coefficient (Wildman–Crippen LogP) is 1.72. The molecule has 0 radical (unpaired) electrons. The van der Waals surface area contributed by atoms with Crippen molar-refractivity contribution in [1.82, 2.24) is 4.90 Å². The maximum absolute atomic E-state index is 11.6. The lowest BCUT2D eigenvalue weighted by atomic mass is 10.1. The lowest BCUT2D eigenvalue weighted by Crippen LogP contribution is -2.34. The van der Waals surface area contributed by atoms with Gasteiger partial charge in [-0.1, -0.05) is 0 Å². The number of hydrogen-bond acceptors (Lipinski definition) is 3. The number of rotatable bonds is 4. The van der Waals surface area contributed by atoms with E-state index in [2.05, 4.69) is 15.9 Å². The predicted molar refractivity (Wildman–Crippen MR) is 59.7 cm³/mol. The summed E-state index contributed by atoms with van der Waals surface area (Å²) in [5.41, 5.74) is 0. The highest BCUT2D eigenvalue weighted by Gasteiger charge is 2.24. The Morgan fingerprint density at radius 3 is 2.62 bits per heavy atom. The summed E-state index contributed by atoms with van der Waals surface area (Å²) in [7, 11) is 1.54. The van der Waals surface area contributed by atoms with Crippen LogP contribution in [0.1, 0.15) is 12.7 Å². The van der Waals surface area contributed by atoms with Gasteiger partial charge in [0.2, 0.25) is 5.91 Å². The molecule has 1 aromatic rings. The minimum Gasteiger partial charge on any atom is -0.481 e. The molecule has 6 heteroatoms. The lowest BCUT2D eigenvalue weighted by molar-refractivity contribution is -0.150. The molecule has 16 heavy (non-hydrogen) atoms. The van der Waals surface area contributed by atoms with Crippen LogP contribution < -0.4 is 0 Å². The van der Waals surface area contributed by atoms with Gasteiger partial charge in [-0.25, -0.2) is 0 Å². The second-order valence-electron chi connectivity index (χ2n) is 3.46. The SMILES string of the molecule is CC(C(=O)O)C(=O)N(C)Cc1ccc(Br)o1. The summed E-state index contributed by atoms with van der Waals surface area (Å²) in [6.45, 7) is 1.61. The van der Waals surface area contributed by atoms with Gasteiger partial charge in [-0.3, -0.25) is 9.59 Å². The Morgan fingerprint density at radius 1 is 1.56 bits per heavy atom. The second-order valence-corrected chi connectivity index (χ2v) is 4.24. The van der Waals surface area contributed by atoms with Gasteiger partial charge >= 0.3 is 5.97 Å². The van der Waals surface area contributed by atoms with Gasteiger partial charge in [-0.15, -0.1) is 0 Å². The number of carbonyl (C=O) groups excluding carboxylic acids is 1. The highest BCUT2D eigenvalue weighted by molar-refractivity contribution is 9.10. The second kappa shape index (κ2) is 5.16. The number of nitrogens with zero attached hydrogens (tertiary/aromatic N) is 1. The van der Waals surface area contributed by atoms with Crippen molar-refractivity contribution in [3.8, 4) is 0 Å². The first-order valence-corrected chi connectivity index (χ1v) is 5.43. The molecule has 1 aromatic heterocycles. The summed E-state index contributed by atoms with van der Waals surface area (Å²) in [5, 5.41) is 8.69. The Balaban J connectivity index is 2.62. The molecule has 0 aliphatic carbocycles. The molecule has 1 unspecified atom stereocenters. The van der Waals surface area contributed by atoms with E-state index < -0.39 is 17.8 Å². The van der Waals surface area contributed by atoms with Crippen LogP contribution in [0.25, 0.3) is 0 Å². The van der Waals surface area contributed by atoms with Crippen LogP contribution >= 0.6 is 15.9 Å². The summed E-state index contributed by atoms with van der Waals surface area (Å²) in [4.78, 5) is 23.5. The quantitative estimate of drug-likeness (QED) is 0.857. The van der Waals surface area contributed by atoms with Crippen molar-refractivity contribution in [3.63, 3.8) is 0 Å². The number of hydrogen-bond donors (Lipinski definition) is 1. The van der Waals surface area contributed by atoms with Gasteiger partial charge < -0.3 is 14.4 Å². The van der Waals surface area contributed by atoms with Crippen molar-refractivity contribution in [3.05, 3.63) is 22.6 Å². The van der Waals surface area contributed by atoms with Gasteiger partial charge in [0.15, 0.2) is 4.67 Å². The number of aliphatic carboxylic acids is 1. The number of carboxylic acids is 1. The van der Waals surface area contributed by atoms with Crippen LogP contribution in [-0.4, -0.2) is 28.9 Å². The Bertz CT molecular complexity index is 401. The maximum atomic E-state index is 11.6. The number of carboxylic acid groups (broad SMARTS) is 1. The fourth-order valence-electron chi connectivity index (χ4n) is 1.18. The van der Waals surface area contributed by atoms with Crippen LogP contribution in [0.4, 0.5) is 0 Å². The minimum absolute atomic E-state index is 0.252. The molecule has 0 fully saturated rings. The average molecular weight is 290 g/mol. The lowest BCUT2D eigenvalue weighted by Gasteiger charge is -2.17. The van der Waals surface area contributed by atoms with E-state index in [1.807, 2.05) is 0 Å². The number of amides is 1. The zero-order chi connectivity index (χ0) is 12.3. The molecule has 5 nitrogen and oxygen atoms in total. The molecular weight excluding hydrogens is 278 g/mol. The molecule has 88 valence electrons. The zero-order valence-corrected chi connectivity index (χ0v) is 10.5. The molecule has 1 atom stereocenters. The van der Waals surface area contributed by atoms with Gasteiger partial charge in [0.25, 0.3) is 0 Å². The first-order chi connectivity index (χ1) is 7.41.